The summed E-state index contributed by atoms with van der Waals surface area (Å²) in [5.41, 5.74) is 2.53. The molecule has 0 saturated heterocycles. The largest absolute Gasteiger partial charge is 0.352 e. The zero-order valence-corrected chi connectivity index (χ0v) is 14.2. The van der Waals surface area contributed by atoms with Crippen LogP contribution in [0.2, 0.25) is 0 Å². The molecule has 0 aliphatic heterocycles. The Balaban J connectivity index is 1.38. The molecule has 1 atom stereocenters. The average molecular weight is 320 g/mol. The van der Waals surface area contributed by atoms with Crippen molar-refractivity contribution in [2.75, 3.05) is 6.79 Å². The van der Waals surface area contributed by atoms with Gasteiger partial charge in [-0.2, -0.15) is 0 Å². The van der Waals surface area contributed by atoms with Crippen LogP contribution in [-0.2, 0) is 22.5 Å². The maximum absolute atomic E-state index is 5.75. The van der Waals surface area contributed by atoms with Gasteiger partial charge in [0, 0.05) is 0 Å². The van der Waals surface area contributed by atoms with E-state index in [1.807, 2.05) is 6.07 Å². The van der Waals surface area contributed by atoms with E-state index < -0.39 is 0 Å². The van der Waals surface area contributed by atoms with Gasteiger partial charge < -0.3 is 9.47 Å². The quantitative estimate of drug-likeness (QED) is 0.411. The number of hydrogen-bond donors (Lipinski definition) is 0. The lowest BCUT2D eigenvalue weighted by molar-refractivity contribution is -0.0920. The lowest BCUT2D eigenvalue weighted by Crippen LogP contribution is -2.12. The molecule has 0 saturated carbocycles. The molecule has 0 aromatic heterocycles. The third-order valence-corrected chi connectivity index (χ3v) is 4.20. The summed E-state index contributed by atoms with van der Waals surface area (Å²) < 4.78 is 11.4. The molecular formula is C22H24O2. The van der Waals surface area contributed by atoms with Gasteiger partial charge in [-0.1, -0.05) is 66.7 Å². The monoisotopic (exact) mass is 320 g/mol. The number of benzene rings is 3. The molecule has 0 spiro atoms. The van der Waals surface area contributed by atoms with Gasteiger partial charge in [-0.25, -0.2) is 0 Å². The summed E-state index contributed by atoms with van der Waals surface area (Å²) in [6, 6.07) is 25.3. The van der Waals surface area contributed by atoms with Crippen LogP contribution in [0.1, 0.15) is 24.5 Å². The minimum Gasteiger partial charge on any atom is -0.352 e. The summed E-state index contributed by atoms with van der Waals surface area (Å²) in [4.78, 5) is 0. The van der Waals surface area contributed by atoms with Gasteiger partial charge in [0.05, 0.1) is 12.7 Å². The fourth-order valence-corrected chi connectivity index (χ4v) is 2.75. The van der Waals surface area contributed by atoms with Crippen molar-refractivity contribution in [2.24, 2.45) is 0 Å². The van der Waals surface area contributed by atoms with Gasteiger partial charge >= 0.3 is 0 Å². The molecule has 3 aromatic carbocycles. The lowest BCUT2D eigenvalue weighted by atomic mass is 10.1. The summed E-state index contributed by atoms with van der Waals surface area (Å²) in [6.45, 7) is 3.02. The van der Waals surface area contributed by atoms with Gasteiger partial charge in [0.1, 0.15) is 6.79 Å². The van der Waals surface area contributed by atoms with Crippen molar-refractivity contribution < 1.29 is 9.47 Å². The molecule has 0 fully saturated rings. The molecule has 0 amide bonds. The van der Waals surface area contributed by atoms with Crippen LogP contribution in [-0.4, -0.2) is 12.9 Å². The second kappa shape index (κ2) is 8.62. The van der Waals surface area contributed by atoms with Crippen molar-refractivity contribution in [3.63, 3.8) is 0 Å². The molecule has 3 aromatic rings. The Morgan fingerprint density at radius 1 is 0.792 bits per heavy atom. The number of fused-ring (bicyclic) bond motifs is 1. The van der Waals surface area contributed by atoms with Gasteiger partial charge in [0.2, 0.25) is 0 Å². The summed E-state index contributed by atoms with van der Waals surface area (Å²) in [5.74, 6) is 0. The van der Waals surface area contributed by atoms with Crippen LogP contribution in [0.25, 0.3) is 10.8 Å². The second-order valence-electron chi connectivity index (χ2n) is 6.15. The number of aryl methyl sites for hydroxylation is 1. The molecule has 0 aliphatic rings. The normalized spacial score (nSPS) is 12.4. The van der Waals surface area contributed by atoms with E-state index in [1.54, 1.807) is 0 Å². The Morgan fingerprint density at radius 2 is 1.54 bits per heavy atom. The predicted molar refractivity (Wildman–Crippen MR) is 98.9 cm³/mol. The number of rotatable bonds is 8. The van der Waals surface area contributed by atoms with Gasteiger partial charge in [-0.15, -0.1) is 0 Å². The zero-order chi connectivity index (χ0) is 16.6. The SMILES string of the molecule is CC(CCc1ccccc1)OCOCc1ccc2ccccc2c1. The fraction of sp³-hybridized carbons (Fsp3) is 0.273. The highest BCUT2D eigenvalue weighted by atomic mass is 16.7. The van der Waals surface area contributed by atoms with Crippen molar-refractivity contribution in [3.8, 4) is 0 Å². The smallest absolute Gasteiger partial charge is 0.147 e. The minimum atomic E-state index is 0.196. The maximum Gasteiger partial charge on any atom is 0.147 e. The second-order valence-corrected chi connectivity index (χ2v) is 6.15. The Bertz CT molecular complexity index is 752. The first kappa shape index (κ1) is 16.7. The number of hydrogen-bond acceptors (Lipinski definition) is 2. The van der Waals surface area contributed by atoms with Gasteiger partial charge in [-0.3, -0.25) is 0 Å². The molecule has 0 radical (unpaired) electrons. The van der Waals surface area contributed by atoms with E-state index in [2.05, 4.69) is 73.7 Å². The molecule has 0 N–H and O–H groups in total. The molecular weight excluding hydrogens is 296 g/mol. The van der Waals surface area contributed by atoms with Crippen molar-refractivity contribution in [2.45, 2.75) is 32.5 Å². The molecule has 0 bridgehead atoms. The van der Waals surface area contributed by atoms with E-state index in [0.717, 1.165) is 12.8 Å². The summed E-state index contributed by atoms with van der Waals surface area (Å²) >= 11 is 0. The highest BCUT2D eigenvalue weighted by molar-refractivity contribution is 5.82. The van der Waals surface area contributed by atoms with Gasteiger partial charge in [-0.05, 0) is 47.7 Å². The number of ether oxygens (including phenoxy) is 2. The van der Waals surface area contributed by atoms with Crippen LogP contribution in [0.15, 0.2) is 72.8 Å². The summed E-state index contributed by atoms with van der Waals surface area (Å²) in [5, 5.41) is 2.50. The third kappa shape index (κ3) is 4.92. The van der Waals surface area contributed by atoms with Crippen molar-refractivity contribution in [1.82, 2.24) is 0 Å². The Labute approximate surface area is 144 Å². The first-order valence-electron chi connectivity index (χ1n) is 8.52. The Morgan fingerprint density at radius 3 is 2.38 bits per heavy atom. The molecule has 124 valence electrons. The van der Waals surface area contributed by atoms with Gasteiger partial charge in [0.15, 0.2) is 0 Å². The van der Waals surface area contributed by atoms with Crippen LogP contribution in [0.4, 0.5) is 0 Å². The Kier molecular flexibility index (Phi) is 6.00. The van der Waals surface area contributed by atoms with Crippen LogP contribution in [0.3, 0.4) is 0 Å². The summed E-state index contributed by atoms with van der Waals surface area (Å²) in [7, 11) is 0. The Hall–Kier alpha value is -2.16. The maximum atomic E-state index is 5.75. The van der Waals surface area contributed by atoms with Crippen LogP contribution < -0.4 is 0 Å². The van der Waals surface area contributed by atoms with Crippen LogP contribution in [0.5, 0.6) is 0 Å². The lowest BCUT2D eigenvalue weighted by Gasteiger charge is -2.13. The van der Waals surface area contributed by atoms with E-state index >= 15 is 0 Å². The molecule has 1 unspecified atom stereocenters. The van der Waals surface area contributed by atoms with Crippen LogP contribution in [0, 0.1) is 0 Å². The van der Waals surface area contributed by atoms with Crippen LogP contribution >= 0.6 is 0 Å². The molecule has 2 nitrogen and oxygen atoms in total. The van der Waals surface area contributed by atoms with E-state index in [1.165, 1.54) is 21.9 Å². The van der Waals surface area contributed by atoms with E-state index in [0.29, 0.717) is 13.4 Å². The topological polar surface area (TPSA) is 18.5 Å². The van der Waals surface area contributed by atoms with E-state index in [4.69, 9.17) is 9.47 Å². The summed E-state index contributed by atoms with van der Waals surface area (Å²) in [6.07, 6.45) is 2.23. The van der Waals surface area contributed by atoms with Crippen molar-refractivity contribution >= 4 is 10.8 Å². The highest BCUT2D eigenvalue weighted by Crippen LogP contribution is 2.16. The molecule has 2 heteroatoms. The molecule has 0 heterocycles. The minimum absolute atomic E-state index is 0.196. The van der Waals surface area contributed by atoms with Gasteiger partial charge in [0.25, 0.3) is 0 Å². The third-order valence-electron chi connectivity index (χ3n) is 4.20. The average Bonchev–Trinajstić information content (AvgIpc) is 2.64. The fourth-order valence-electron chi connectivity index (χ4n) is 2.75. The van der Waals surface area contributed by atoms with Crippen molar-refractivity contribution in [1.29, 1.82) is 0 Å². The first-order valence-corrected chi connectivity index (χ1v) is 8.52. The van der Waals surface area contributed by atoms with E-state index in [-0.39, 0.29) is 6.10 Å². The highest BCUT2D eigenvalue weighted by Gasteiger charge is 2.03. The van der Waals surface area contributed by atoms with Crippen molar-refractivity contribution in [3.05, 3.63) is 83.9 Å². The van der Waals surface area contributed by atoms with E-state index in [9.17, 15) is 0 Å². The zero-order valence-electron chi connectivity index (χ0n) is 14.2. The molecule has 24 heavy (non-hydrogen) atoms. The standard InChI is InChI=1S/C22H24O2/c1-18(11-12-19-7-3-2-4-8-19)24-17-23-16-20-13-14-21-9-5-6-10-22(21)15-20/h2-10,13-15,18H,11-12,16-17H2,1H3. The molecule has 3 rings (SSSR count). The predicted octanol–water partition coefficient (Wildman–Crippen LogP) is 5.35. The first-order chi connectivity index (χ1) is 11.8. The molecule has 0 aliphatic carbocycles.